The molecule has 0 saturated carbocycles. The Morgan fingerprint density at radius 1 is 0.333 bits per heavy atom. The second-order valence-corrected chi connectivity index (χ2v) is 11.0. The first-order chi connectivity index (χ1) is 17.7. The molecule has 0 aromatic heterocycles. The minimum atomic E-state index is 0. The zero-order chi connectivity index (χ0) is 29.6. The average molecular weight is 574 g/mol. The molecule has 4 radical (unpaired) electrons. The smallest absolute Gasteiger partial charge is 0.396 e. The van der Waals surface area contributed by atoms with Crippen LogP contribution in [0.15, 0.2) is 0 Å². The van der Waals surface area contributed by atoms with Crippen LogP contribution in [0.5, 0.6) is 0 Å². The molecule has 0 atom stereocenters. The number of hydrogen-bond acceptors (Lipinski definition) is 7. The quantitative estimate of drug-likeness (QED) is 0.182. The first kappa shape index (κ1) is 53.5. The van der Waals surface area contributed by atoms with Gasteiger partial charge in [-0.3, -0.25) is 0 Å². The minimum Gasteiger partial charge on any atom is -0.396 e. The molecule has 0 aliphatic heterocycles. The van der Waals surface area contributed by atoms with E-state index in [1.165, 1.54) is 39.3 Å². The maximum Gasteiger partial charge on any atom is 0.455 e. The molecule has 0 saturated heterocycles. The van der Waals surface area contributed by atoms with Crippen LogP contribution in [0, 0.1) is 0 Å². The molecular formula is C28H71Al2Li2N7. The van der Waals surface area contributed by atoms with E-state index in [9.17, 15) is 0 Å². The van der Waals surface area contributed by atoms with Crippen LogP contribution in [0.3, 0.4) is 0 Å². The van der Waals surface area contributed by atoms with E-state index >= 15 is 0 Å². The maximum atomic E-state index is 2.52. The van der Waals surface area contributed by atoms with Gasteiger partial charge in [-0.05, 0) is 39.3 Å². The summed E-state index contributed by atoms with van der Waals surface area (Å²) in [6.07, 6.45) is 0. The van der Waals surface area contributed by atoms with E-state index in [0.717, 1.165) is 52.4 Å². The predicted octanol–water partition coefficient (Wildman–Crippen LogP) is 3.76. The molecule has 0 amide bonds. The van der Waals surface area contributed by atoms with Crippen molar-refractivity contribution in [1.29, 1.82) is 0 Å². The molecule has 0 N–H and O–H groups in total. The van der Waals surface area contributed by atoms with Crippen molar-refractivity contribution in [1.82, 2.24) is 31.7 Å². The third kappa shape index (κ3) is 32.7. The summed E-state index contributed by atoms with van der Waals surface area (Å²) in [5.74, 6) is 0. The van der Waals surface area contributed by atoms with Gasteiger partial charge in [0.2, 0.25) is 0 Å². The zero-order valence-corrected chi connectivity index (χ0v) is 32.9. The largest absolute Gasteiger partial charge is 0.455 e. The van der Waals surface area contributed by atoms with Crippen LogP contribution in [0.2, 0.25) is 0 Å². The van der Waals surface area contributed by atoms with Crippen molar-refractivity contribution >= 4 is 69.9 Å². The molecule has 226 valence electrons. The normalized spacial score (nSPS) is 10.5. The first-order valence-electron chi connectivity index (χ1n) is 15.6. The van der Waals surface area contributed by atoms with E-state index in [-0.39, 0.29) is 37.7 Å². The molecule has 0 unspecified atom stereocenters. The van der Waals surface area contributed by atoms with Gasteiger partial charge in [-0.2, -0.15) is 0 Å². The number of hydrazine groups is 2. The summed E-state index contributed by atoms with van der Waals surface area (Å²) < 4.78 is 7.32. The summed E-state index contributed by atoms with van der Waals surface area (Å²) in [4.78, 5) is 0. The van der Waals surface area contributed by atoms with Crippen molar-refractivity contribution in [3.63, 3.8) is 0 Å². The summed E-state index contributed by atoms with van der Waals surface area (Å²) >= 11 is 2.33. The van der Waals surface area contributed by atoms with Gasteiger partial charge in [-0.25, -0.2) is 20.0 Å². The topological polar surface area (TPSA) is 22.7 Å². The molecule has 11 heteroatoms. The Labute approximate surface area is 288 Å². The predicted molar refractivity (Wildman–Crippen MR) is 185 cm³/mol. The SMILES string of the molecule is CCN(CC)N(CC)CC.CCN(CC)N(CC)CC.CC[N](CC)[Al][N](CC)CC.CC[N]([AlH])CC.[Li].[Li]. The zero-order valence-electron chi connectivity index (χ0n) is 30.3. The summed E-state index contributed by atoms with van der Waals surface area (Å²) in [5, 5.41) is 9.44. The molecule has 7 nitrogen and oxygen atoms in total. The van der Waals surface area contributed by atoms with Crippen molar-refractivity contribution in [2.24, 2.45) is 0 Å². The fraction of sp³-hybridized carbons (Fsp3) is 1.00. The van der Waals surface area contributed by atoms with Crippen LogP contribution < -0.4 is 0 Å². The molecular weight excluding hydrogens is 502 g/mol. The summed E-state index contributed by atoms with van der Waals surface area (Å²) in [6, 6.07) is 0. The Hall–Kier alpha value is 1.98. The fourth-order valence-corrected chi connectivity index (χ4v) is 4.84. The molecule has 0 aliphatic rings. The maximum absolute atomic E-state index is 2.52. The third-order valence-electron chi connectivity index (χ3n) is 6.57. The molecule has 0 aliphatic carbocycles. The van der Waals surface area contributed by atoms with Gasteiger partial charge < -0.3 is 11.7 Å². The van der Waals surface area contributed by atoms with Gasteiger partial charge in [0.1, 0.15) is 0 Å². The first-order valence-corrected chi connectivity index (χ1v) is 17.2. The van der Waals surface area contributed by atoms with Crippen molar-refractivity contribution < 1.29 is 0 Å². The van der Waals surface area contributed by atoms with Gasteiger partial charge in [0, 0.05) is 90.1 Å². The Balaban J connectivity index is -0.0000000932. The van der Waals surface area contributed by atoms with Crippen LogP contribution in [0.25, 0.3) is 0 Å². The Kier molecular flexibility index (Phi) is 57.8. The van der Waals surface area contributed by atoms with E-state index in [1.807, 2.05) is 16.5 Å². The van der Waals surface area contributed by atoms with E-state index in [1.54, 1.807) is 0 Å². The monoisotopic (exact) mass is 574 g/mol. The third-order valence-corrected chi connectivity index (χ3v) is 9.57. The second-order valence-electron chi connectivity index (χ2n) is 8.42. The van der Waals surface area contributed by atoms with Crippen LogP contribution in [0.4, 0.5) is 0 Å². The van der Waals surface area contributed by atoms with Crippen molar-refractivity contribution in [3.05, 3.63) is 0 Å². The molecule has 0 spiro atoms. The Bertz CT molecular complexity index is 342. The van der Waals surface area contributed by atoms with Crippen molar-refractivity contribution in [2.75, 3.05) is 91.6 Å². The molecule has 0 heterocycles. The van der Waals surface area contributed by atoms with Gasteiger partial charge in [-0.15, -0.1) is 0 Å². The fourth-order valence-electron chi connectivity index (χ4n) is 3.72. The summed E-state index contributed by atoms with van der Waals surface area (Å²) in [7, 11) is 0. The van der Waals surface area contributed by atoms with E-state index in [2.05, 4.69) is 129 Å². The van der Waals surface area contributed by atoms with Gasteiger partial charge in [-0.1, -0.05) is 96.9 Å². The Morgan fingerprint density at radius 2 is 0.513 bits per heavy atom. The summed E-state index contributed by atoms with van der Waals surface area (Å²) in [6.45, 7) is 47.0. The summed E-state index contributed by atoms with van der Waals surface area (Å²) in [5.41, 5.74) is 0. The molecule has 0 aromatic rings. The molecule has 39 heavy (non-hydrogen) atoms. The van der Waals surface area contributed by atoms with Gasteiger partial charge in [0.25, 0.3) is 16.5 Å². The van der Waals surface area contributed by atoms with Crippen LogP contribution in [-0.4, -0.2) is 193 Å². The molecule has 0 rings (SSSR count). The molecule has 0 aromatic carbocycles. The van der Waals surface area contributed by atoms with E-state index in [0.29, 0.717) is 15.7 Å². The molecule has 0 fully saturated rings. The number of rotatable bonds is 18. The van der Waals surface area contributed by atoms with Crippen LogP contribution in [-0.2, 0) is 0 Å². The van der Waals surface area contributed by atoms with Crippen molar-refractivity contribution in [3.8, 4) is 0 Å². The van der Waals surface area contributed by atoms with E-state index in [4.69, 9.17) is 0 Å². The average Bonchev–Trinajstić information content (AvgIpc) is 2.95. The van der Waals surface area contributed by atoms with Gasteiger partial charge in [0.15, 0.2) is 0 Å². The second kappa shape index (κ2) is 42.1. The van der Waals surface area contributed by atoms with Crippen molar-refractivity contribution in [2.45, 2.75) is 96.9 Å². The standard InChI is InChI=1S/2C8H20N2.3C4H10N.2Al.2Li.H/c2*1-5-9(6-2)10(7-3)8-4;3*1-3-5-4-2;;;;;/h2*5-8H2,1-4H3;3*3-4H2,1-2H3;;;;;/q;;3*-1;+1;+2;;;. The van der Waals surface area contributed by atoms with E-state index < -0.39 is 0 Å². The van der Waals surface area contributed by atoms with Crippen LogP contribution >= 0.6 is 0 Å². The van der Waals surface area contributed by atoms with Gasteiger partial charge >= 0.3 is 15.7 Å². The molecule has 0 bridgehead atoms. The van der Waals surface area contributed by atoms with Gasteiger partial charge in [0.05, 0.1) is 0 Å². The Morgan fingerprint density at radius 3 is 0.590 bits per heavy atom. The van der Waals surface area contributed by atoms with Crippen LogP contribution in [0.1, 0.15) is 96.9 Å². The number of hydrogen-bond donors (Lipinski definition) is 0. The number of nitrogens with zero attached hydrogens (tertiary/aromatic N) is 7. The minimum absolute atomic E-state index is 0.